The number of rotatable bonds is 5. The summed E-state index contributed by atoms with van der Waals surface area (Å²) in [6.07, 6.45) is 1.94. The molecule has 0 aliphatic heterocycles. The van der Waals surface area contributed by atoms with E-state index in [1.54, 1.807) is 19.1 Å². The number of halogens is 1. The fourth-order valence-corrected chi connectivity index (χ4v) is 2.07. The van der Waals surface area contributed by atoms with Crippen LogP contribution in [0.1, 0.15) is 25.3 Å². The van der Waals surface area contributed by atoms with Crippen molar-refractivity contribution in [3.8, 4) is 5.75 Å². The molecule has 22 heavy (non-hydrogen) atoms. The number of ether oxygens (including phenoxy) is 1. The molecule has 1 aromatic rings. The van der Waals surface area contributed by atoms with E-state index < -0.39 is 18.0 Å². The van der Waals surface area contributed by atoms with Crippen LogP contribution in [0.5, 0.6) is 5.75 Å². The molecule has 120 valence electrons. The van der Waals surface area contributed by atoms with Gasteiger partial charge < -0.3 is 15.4 Å². The van der Waals surface area contributed by atoms with Crippen LogP contribution in [0.2, 0.25) is 5.02 Å². The van der Waals surface area contributed by atoms with Gasteiger partial charge in [-0.2, -0.15) is 0 Å². The van der Waals surface area contributed by atoms with Crippen LogP contribution in [-0.2, 0) is 4.79 Å². The first-order valence-electron chi connectivity index (χ1n) is 7.12. The Labute approximate surface area is 134 Å². The van der Waals surface area contributed by atoms with Crippen molar-refractivity contribution in [1.82, 2.24) is 10.6 Å². The summed E-state index contributed by atoms with van der Waals surface area (Å²) in [4.78, 5) is 23.6. The van der Waals surface area contributed by atoms with E-state index in [1.165, 1.54) is 7.11 Å². The second-order valence-corrected chi connectivity index (χ2v) is 5.81. The number of nitrogens with one attached hydrogen (secondary N) is 3. The first-order chi connectivity index (χ1) is 10.4. The molecule has 7 heteroatoms. The molecule has 1 atom stereocenters. The van der Waals surface area contributed by atoms with Crippen molar-refractivity contribution in [2.75, 3.05) is 12.4 Å². The van der Waals surface area contributed by atoms with Crippen molar-refractivity contribution in [1.29, 1.82) is 0 Å². The van der Waals surface area contributed by atoms with Gasteiger partial charge in [-0.15, -0.1) is 0 Å². The van der Waals surface area contributed by atoms with Crippen LogP contribution >= 0.6 is 11.6 Å². The Morgan fingerprint density at radius 3 is 2.64 bits per heavy atom. The van der Waals surface area contributed by atoms with Crippen molar-refractivity contribution < 1.29 is 14.3 Å². The lowest BCUT2D eigenvalue weighted by Crippen LogP contribution is -2.46. The third-order valence-electron chi connectivity index (χ3n) is 3.40. The van der Waals surface area contributed by atoms with E-state index in [1.807, 2.05) is 6.92 Å². The molecule has 0 radical (unpaired) electrons. The summed E-state index contributed by atoms with van der Waals surface area (Å²) in [6.45, 7) is 3.53. The van der Waals surface area contributed by atoms with Crippen molar-refractivity contribution in [3.05, 3.63) is 22.7 Å². The number of urea groups is 1. The molecule has 1 unspecified atom stereocenters. The summed E-state index contributed by atoms with van der Waals surface area (Å²) in [5, 5.41) is 8.63. The molecule has 1 aliphatic rings. The highest BCUT2D eigenvalue weighted by Gasteiger charge is 2.25. The van der Waals surface area contributed by atoms with Gasteiger partial charge in [-0.1, -0.05) is 11.6 Å². The second kappa shape index (κ2) is 6.87. The highest BCUT2D eigenvalue weighted by Crippen LogP contribution is 2.31. The van der Waals surface area contributed by atoms with E-state index in [0.717, 1.165) is 18.4 Å². The van der Waals surface area contributed by atoms with Crippen LogP contribution in [0.3, 0.4) is 0 Å². The quantitative estimate of drug-likeness (QED) is 0.777. The molecule has 0 saturated heterocycles. The van der Waals surface area contributed by atoms with Gasteiger partial charge in [0.05, 0.1) is 12.8 Å². The topological polar surface area (TPSA) is 79.5 Å². The summed E-state index contributed by atoms with van der Waals surface area (Å²) in [7, 11) is 1.53. The minimum absolute atomic E-state index is 0.204. The highest BCUT2D eigenvalue weighted by molar-refractivity contribution is 6.31. The van der Waals surface area contributed by atoms with Gasteiger partial charge >= 0.3 is 6.03 Å². The number of anilines is 1. The Morgan fingerprint density at radius 2 is 2.05 bits per heavy atom. The summed E-state index contributed by atoms with van der Waals surface area (Å²) >= 11 is 6.05. The molecule has 0 bridgehead atoms. The maximum absolute atomic E-state index is 12.0. The Hall–Kier alpha value is -1.95. The second-order valence-electron chi connectivity index (χ2n) is 5.40. The minimum Gasteiger partial charge on any atom is -0.495 e. The van der Waals surface area contributed by atoms with Crippen LogP contribution in [-0.4, -0.2) is 31.1 Å². The molecular formula is C15H20ClN3O3. The number of hydrogen-bond acceptors (Lipinski definition) is 4. The summed E-state index contributed by atoms with van der Waals surface area (Å²) in [5.74, 6) is 0.130. The lowest BCUT2D eigenvalue weighted by Gasteiger charge is -2.18. The van der Waals surface area contributed by atoms with Gasteiger partial charge in [0, 0.05) is 17.1 Å². The average molecular weight is 326 g/mol. The Kier molecular flexibility index (Phi) is 5.13. The van der Waals surface area contributed by atoms with E-state index in [2.05, 4.69) is 16.0 Å². The third-order valence-corrected chi connectivity index (χ3v) is 3.80. The predicted octanol–water partition coefficient (Wildman–Crippen LogP) is 2.45. The van der Waals surface area contributed by atoms with Crippen LogP contribution in [0.15, 0.2) is 12.1 Å². The van der Waals surface area contributed by atoms with E-state index >= 15 is 0 Å². The van der Waals surface area contributed by atoms with Gasteiger partial charge in [-0.25, -0.2) is 4.79 Å². The molecule has 0 aromatic heterocycles. The predicted molar refractivity (Wildman–Crippen MR) is 85.5 cm³/mol. The van der Waals surface area contributed by atoms with E-state index in [0.29, 0.717) is 16.5 Å². The molecule has 6 nitrogen and oxygen atoms in total. The van der Waals surface area contributed by atoms with E-state index in [-0.39, 0.29) is 6.04 Å². The molecular weight excluding hydrogens is 306 g/mol. The first kappa shape index (κ1) is 16.4. The standard InChI is InChI=1S/C15H20ClN3O3/c1-8-6-12(13(22-3)7-11(8)16)17-9(2)14(20)19-15(21)18-10-4-5-10/h6-7,9-10,17H,4-5H2,1-3H3,(H2,18,19,20,21). The molecule has 1 aromatic carbocycles. The molecule has 0 heterocycles. The van der Waals surface area contributed by atoms with E-state index in [9.17, 15) is 9.59 Å². The van der Waals surface area contributed by atoms with Crippen molar-refractivity contribution >= 4 is 29.2 Å². The van der Waals surface area contributed by atoms with Crippen LogP contribution in [0.4, 0.5) is 10.5 Å². The number of aryl methyl sites for hydroxylation is 1. The maximum Gasteiger partial charge on any atom is 0.321 e. The van der Waals surface area contributed by atoms with Crippen LogP contribution in [0, 0.1) is 6.92 Å². The zero-order valence-electron chi connectivity index (χ0n) is 12.8. The number of carbonyl (C=O) groups is 2. The fourth-order valence-electron chi connectivity index (χ4n) is 1.91. The molecule has 3 amide bonds. The number of benzene rings is 1. The molecule has 3 N–H and O–H groups in total. The normalized spacial score (nSPS) is 14.9. The minimum atomic E-state index is -0.598. The van der Waals surface area contributed by atoms with E-state index in [4.69, 9.17) is 16.3 Å². The lowest BCUT2D eigenvalue weighted by atomic mass is 10.2. The Balaban J connectivity index is 1.98. The largest absolute Gasteiger partial charge is 0.495 e. The SMILES string of the molecule is COc1cc(Cl)c(C)cc1NC(C)C(=O)NC(=O)NC1CC1. The smallest absolute Gasteiger partial charge is 0.321 e. The molecule has 2 rings (SSSR count). The zero-order valence-corrected chi connectivity index (χ0v) is 13.6. The van der Waals surface area contributed by atoms with Crippen LogP contribution < -0.4 is 20.7 Å². The fraction of sp³-hybridized carbons (Fsp3) is 0.467. The van der Waals surface area contributed by atoms with Gasteiger partial charge in [0.25, 0.3) is 0 Å². The number of amides is 3. The number of methoxy groups -OCH3 is 1. The van der Waals surface area contributed by atoms with Gasteiger partial charge in [0.1, 0.15) is 11.8 Å². The van der Waals surface area contributed by atoms with Gasteiger partial charge in [0.15, 0.2) is 0 Å². The Bertz CT molecular complexity index is 588. The maximum atomic E-state index is 12.0. The van der Waals surface area contributed by atoms with Gasteiger partial charge in [-0.3, -0.25) is 10.1 Å². The third kappa shape index (κ3) is 4.27. The first-order valence-corrected chi connectivity index (χ1v) is 7.50. The monoisotopic (exact) mass is 325 g/mol. The summed E-state index contributed by atoms with van der Waals surface area (Å²) < 4.78 is 5.25. The summed E-state index contributed by atoms with van der Waals surface area (Å²) in [5.41, 5.74) is 1.51. The zero-order chi connectivity index (χ0) is 16.3. The lowest BCUT2D eigenvalue weighted by molar-refractivity contribution is -0.120. The van der Waals surface area contributed by atoms with Gasteiger partial charge in [-0.05, 0) is 38.3 Å². The Morgan fingerprint density at radius 1 is 1.36 bits per heavy atom. The molecule has 0 spiro atoms. The number of carbonyl (C=O) groups excluding carboxylic acids is 2. The van der Waals surface area contributed by atoms with Gasteiger partial charge in [0.2, 0.25) is 5.91 Å². The van der Waals surface area contributed by atoms with Crippen molar-refractivity contribution in [3.63, 3.8) is 0 Å². The van der Waals surface area contributed by atoms with Crippen LogP contribution in [0.25, 0.3) is 0 Å². The molecule has 1 fully saturated rings. The average Bonchev–Trinajstić information content (AvgIpc) is 3.26. The number of hydrogen-bond donors (Lipinski definition) is 3. The number of imide groups is 1. The highest BCUT2D eigenvalue weighted by atomic mass is 35.5. The van der Waals surface area contributed by atoms with Crippen molar-refractivity contribution in [2.24, 2.45) is 0 Å². The summed E-state index contributed by atoms with van der Waals surface area (Å²) in [6, 6.07) is 2.63. The van der Waals surface area contributed by atoms with Crippen molar-refractivity contribution in [2.45, 2.75) is 38.8 Å². The molecule has 1 aliphatic carbocycles. The molecule has 1 saturated carbocycles.